The van der Waals surface area contributed by atoms with Gasteiger partial charge in [0.25, 0.3) is 0 Å². The van der Waals surface area contributed by atoms with Gasteiger partial charge in [0.15, 0.2) is 12.2 Å². The van der Waals surface area contributed by atoms with Crippen LogP contribution in [0.15, 0.2) is 0 Å². The number of phosphoric acid groups is 2. The lowest BCUT2D eigenvalue weighted by Crippen LogP contribution is -2.30. The molecule has 0 aromatic heterocycles. The molecule has 0 aliphatic rings. The van der Waals surface area contributed by atoms with Crippen LogP contribution in [0.5, 0.6) is 0 Å². The number of phosphoric ester groups is 2. The molecule has 0 aromatic rings. The second-order valence-corrected chi connectivity index (χ2v) is 30.7. The van der Waals surface area contributed by atoms with Crippen molar-refractivity contribution < 1.29 is 80.2 Å². The molecule has 0 bridgehead atoms. The lowest BCUT2D eigenvalue weighted by atomic mass is 10.0. The molecule has 5 atom stereocenters. The number of carbonyl (C=O) groups is 4. The van der Waals surface area contributed by atoms with Crippen molar-refractivity contribution in [2.24, 2.45) is 17.8 Å². The van der Waals surface area contributed by atoms with Crippen molar-refractivity contribution in [3.8, 4) is 0 Å². The number of hydrogen-bond acceptors (Lipinski definition) is 15. The van der Waals surface area contributed by atoms with Gasteiger partial charge in [-0.2, -0.15) is 0 Å². The van der Waals surface area contributed by atoms with Gasteiger partial charge in [0, 0.05) is 25.7 Å². The number of rotatable bonds is 71. The summed E-state index contributed by atoms with van der Waals surface area (Å²) in [5.74, 6) is 0.131. The SMILES string of the molecule is CCCCCCCCCCC(=O)OC[C@H](COP(=O)(O)OC[C@H](O)COP(=O)(O)OC[C@@H](COC(=O)CCCCCCCCCCCCCC(C)C)OC(=O)CCCCCCCCCCCCCCCCCCCCC(C)C)OC(=O)CCCCCCCCC(C)C. The second kappa shape index (κ2) is 63.8. The van der Waals surface area contributed by atoms with Gasteiger partial charge in [-0.15, -0.1) is 0 Å². The highest BCUT2D eigenvalue weighted by atomic mass is 31.2. The lowest BCUT2D eigenvalue weighted by Gasteiger charge is -2.21. The minimum Gasteiger partial charge on any atom is -0.462 e. The van der Waals surface area contributed by atoms with Gasteiger partial charge in [-0.1, -0.05) is 318 Å². The summed E-state index contributed by atoms with van der Waals surface area (Å²) in [4.78, 5) is 72.5. The summed E-state index contributed by atoms with van der Waals surface area (Å²) in [6, 6.07) is 0. The van der Waals surface area contributed by atoms with Crippen LogP contribution in [0.2, 0.25) is 0 Å². The van der Waals surface area contributed by atoms with Gasteiger partial charge < -0.3 is 33.8 Å². The van der Waals surface area contributed by atoms with Gasteiger partial charge in [-0.05, 0) is 43.4 Å². The van der Waals surface area contributed by atoms with Crippen LogP contribution in [0.25, 0.3) is 0 Å². The Kier molecular flexibility index (Phi) is 62.4. The molecular weight excluding hydrogens is 1210 g/mol. The van der Waals surface area contributed by atoms with Crippen molar-refractivity contribution in [1.82, 2.24) is 0 Å². The van der Waals surface area contributed by atoms with E-state index >= 15 is 0 Å². The fraction of sp³-hybridized carbons (Fsp3) is 0.945. The van der Waals surface area contributed by atoms with E-state index in [1.54, 1.807) is 0 Å². The van der Waals surface area contributed by atoms with E-state index in [2.05, 4.69) is 48.5 Å². The summed E-state index contributed by atoms with van der Waals surface area (Å²) >= 11 is 0. The first-order valence-electron chi connectivity index (χ1n) is 37.8. The zero-order chi connectivity index (χ0) is 68.0. The van der Waals surface area contributed by atoms with E-state index in [1.165, 1.54) is 173 Å². The quantitative estimate of drug-likeness (QED) is 0.0222. The molecule has 3 N–H and O–H groups in total. The Hall–Kier alpha value is -1.94. The maximum Gasteiger partial charge on any atom is 0.472 e. The average molecular weight is 1350 g/mol. The van der Waals surface area contributed by atoms with E-state index < -0.39 is 97.5 Å². The predicted octanol–water partition coefficient (Wildman–Crippen LogP) is 21.0. The maximum absolute atomic E-state index is 13.1. The highest BCUT2D eigenvalue weighted by Gasteiger charge is 2.30. The Morgan fingerprint density at radius 3 is 0.739 bits per heavy atom. The van der Waals surface area contributed by atoms with Gasteiger partial charge in [0.1, 0.15) is 19.3 Å². The standard InChI is InChI=1S/C73H142O17P2/c1-8-9-10-11-12-32-40-47-54-70(75)83-61-69(90-73(78)57-50-43-36-35-39-46-53-66(6)7)63-88-92(81,82)86-59-67(74)58-85-91(79,80)87-62-68(60-84-71(76)55-48-41-33-28-25-21-23-27-31-38-45-52-65(4)5)89-72(77)56-49-42-34-29-24-20-18-16-14-13-15-17-19-22-26-30-37-44-51-64(2)3/h64-69,74H,8-63H2,1-7H3,(H,79,80)(H,81,82)/t67-,68-,69-/m1/s1. The first kappa shape index (κ1) is 90.1. The molecule has 0 aromatic carbocycles. The highest BCUT2D eigenvalue weighted by Crippen LogP contribution is 2.45. The highest BCUT2D eigenvalue weighted by molar-refractivity contribution is 7.47. The fourth-order valence-corrected chi connectivity index (χ4v) is 12.7. The number of carbonyl (C=O) groups excluding carboxylic acids is 4. The third kappa shape index (κ3) is 66.7. The largest absolute Gasteiger partial charge is 0.472 e. The molecule has 92 heavy (non-hydrogen) atoms. The Balaban J connectivity index is 5.16. The lowest BCUT2D eigenvalue weighted by molar-refractivity contribution is -0.161. The van der Waals surface area contributed by atoms with Crippen LogP contribution in [-0.4, -0.2) is 96.7 Å². The summed E-state index contributed by atoms with van der Waals surface area (Å²) in [7, 11) is -9.90. The van der Waals surface area contributed by atoms with E-state index in [9.17, 15) is 43.2 Å². The summed E-state index contributed by atoms with van der Waals surface area (Å²) in [5.41, 5.74) is 0. The maximum atomic E-state index is 13.1. The van der Waals surface area contributed by atoms with Crippen LogP contribution in [0, 0.1) is 17.8 Å². The van der Waals surface area contributed by atoms with Crippen LogP contribution < -0.4 is 0 Å². The third-order valence-corrected chi connectivity index (χ3v) is 18.8. The molecule has 0 fully saturated rings. The fourth-order valence-electron chi connectivity index (χ4n) is 11.1. The first-order valence-corrected chi connectivity index (χ1v) is 40.8. The first-order chi connectivity index (χ1) is 44.2. The minimum absolute atomic E-state index is 0.102. The molecule has 0 heterocycles. The number of aliphatic hydroxyl groups excluding tert-OH is 1. The van der Waals surface area contributed by atoms with Crippen LogP contribution in [0.4, 0.5) is 0 Å². The summed E-state index contributed by atoms with van der Waals surface area (Å²) in [6.45, 7) is 11.8. The summed E-state index contributed by atoms with van der Waals surface area (Å²) in [6.07, 6.45) is 49.0. The smallest absolute Gasteiger partial charge is 0.462 e. The molecule has 0 aliphatic carbocycles. The molecule has 0 spiro atoms. The zero-order valence-corrected chi connectivity index (χ0v) is 61.8. The summed E-state index contributed by atoms with van der Waals surface area (Å²) < 4.78 is 68.2. The van der Waals surface area contributed by atoms with Gasteiger partial charge >= 0.3 is 39.5 Å². The van der Waals surface area contributed by atoms with Crippen LogP contribution in [0.1, 0.15) is 370 Å². The zero-order valence-electron chi connectivity index (χ0n) is 60.0. The molecular formula is C73H142O17P2. The van der Waals surface area contributed by atoms with Crippen molar-refractivity contribution in [3.05, 3.63) is 0 Å². The van der Waals surface area contributed by atoms with E-state index in [0.717, 1.165) is 108 Å². The molecule has 0 saturated carbocycles. The summed E-state index contributed by atoms with van der Waals surface area (Å²) in [5, 5.41) is 10.6. The van der Waals surface area contributed by atoms with E-state index in [4.69, 9.17) is 37.0 Å². The monoisotopic (exact) mass is 1350 g/mol. The second-order valence-electron chi connectivity index (χ2n) is 27.8. The molecule has 19 heteroatoms. The van der Waals surface area contributed by atoms with E-state index in [1.807, 2.05) is 0 Å². The van der Waals surface area contributed by atoms with Crippen molar-refractivity contribution >= 4 is 39.5 Å². The van der Waals surface area contributed by atoms with Gasteiger partial charge in [-0.25, -0.2) is 9.13 Å². The van der Waals surface area contributed by atoms with E-state index in [0.29, 0.717) is 31.6 Å². The van der Waals surface area contributed by atoms with Gasteiger partial charge in [0.05, 0.1) is 26.4 Å². The molecule has 2 unspecified atom stereocenters. The van der Waals surface area contributed by atoms with Crippen LogP contribution >= 0.6 is 15.6 Å². The molecule has 0 radical (unpaired) electrons. The molecule has 0 saturated heterocycles. The molecule has 0 aliphatic heterocycles. The Morgan fingerprint density at radius 2 is 0.500 bits per heavy atom. The van der Waals surface area contributed by atoms with Crippen LogP contribution in [-0.2, 0) is 65.4 Å². The number of esters is 4. The van der Waals surface area contributed by atoms with Gasteiger partial charge in [0.2, 0.25) is 0 Å². The Labute approximate surface area is 562 Å². The molecule has 17 nitrogen and oxygen atoms in total. The number of unbranched alkanes of at least 4 members (excludes halogenated alkanes) is 39. The number of aliphatic hydroxyl groups is 1. The number of ether oxygens (including phenoxy) is 4. The predicted molar refractivity (Wildman–Crippen MR) is 372 cm³/mol. The Bertz CT molecular complexity index is 1800. The van der Waals surface area contributed by atoms with Crippen molar-refractivity contribution in [1.29, 1.82) is 0 Å². The van der Waals surface area contributed by atoms with Crippen molar-refractivity contribution in [2.75, 3.05) is 39.6 Å². The average Bonchev–Trinajstić information content (AvgIpc) is 2.87. The van der Waals surface area contributed by atoms with Crippen molar-refractivity contribution in [2.45, 2.75) is 388 Å². The number of hydrogen-bond donors (Lipinski definition) is 3. The van der Waals surface area contributed by atoms with E-state index in [-0.39, 0.29) is 25.7 Å². The van der Waals surface area contributed by atoms with Crippen molar-refractivity contribution in [3.63, 3.8) is 0 Å². The third-order valence-electron chi connectivity index (χ3n) is 16.9. The molecule has 0 rings (SSSR count). The van der Waals surface area contributed by atoms with Crippen LogP contribution in [0.3, 0.4) is 0 Å². The molecule has 0 amide bonds. The minimum atomic E-state index is -4.95. The Morgan fingerprint density at radius 1 is 0.293 bits per heavy atom. The molecule has 546 valence electrons. The van der Waals surface area contributed by atoms with Gasteiger partial charge in [-0.3, -0.25) is 37.3 Å². The topological polar surface area (TPSA) is 237 Å². The normalized spacial score (nSPS) is 14.1.